The molecule has 1 aliphatic heterocycles. The monoisotopic (exact) mass is 363 g/mol. The van der Waals surface area contributed by atoms with E-state index >= 15 is 0 Å². The largest absolute Gasteiger partial charge is 0.481 e. The fourth-order valence-electron chi connectivity index (χ4n) is 3.07. The summed E-state index contributed by atoms with van der Waals surface area (Å²) in [5.41, 5.74) is -1.68. The van der Waals surface area contributed by atoms with Gasteiger partial charge in [-0.25, -0.2) is 0 Å². The first kappa shape index (κ1) is 18.8. The standard InChI is InChI=1S/C16H20F3NO3S/c1-10-8-12(11(2)24-10)4-3-5-13(21)20-7-6-15(9-20,14(22)23)16(17,18)19/h8H,3-7,9H2,1-2H3,(H,22,23). The zero-order valence-electron chi connectivity index (χ0n) is 13.6. The number of aryl methyl sites for hydroxylation is 3. The summed E-state index contributed by atoms with van der Waals surface area (Å²) in [4.78, 5) is 26.7. The van der Waals surface area contributed by atoms with Gasteiger partial charge in [0.15, 0.2) is 5.41 Å². The average Bonchev–Trinajstić information content (AvgIpc) is 3.03. The van der Waals surface area contributed by atoms with Gasteiger partial charge in [-0.05, 0) is 44.7 Å². The molecule has 0 aliphatic carbocycles. The average molecular weight is 363 g/mol. The Morgan fingerprint density at radius 2 is 2.04 bits per heavy atom. The number of amides is 1. The third-order valence-corrected chi connectivity index (χ3v) is 5.56. The molecule has 0 bridgehead atoms. The maximum absolute atomic E-state index is 13.1. The van der Waals surface area contributed by atoms with E-state index in [-0.39, 0.29) is 13.0 Å². The molecule has 1 N–H and O–H groups in total. The molecule has 1 unspecified atom stereocenters. The smallest absolute Gasteiger partial charge is 0.406 e. The second kappa shape index (κ2) is 6.74. The van der Waals surface area contributed by atoms with Crippen LogP contribution in [-0.2, 0) is 16.0 Å². The van der Waals surface area contributed by atoms with E-state index in [0.717, 1.165) is 10.5 Å². The minimum Gasteiger partial charge on any atom is -0.481 e. The summed E-state index contributed by atoms with van der Waals surface area (Å²) in [6, 6.07) is 2.05. The fourth-order valence-corrected chi connectivity index (χ4v) is 4.05. The summed E-state index contributed by atoms with van der Waals surface area (Å²) in [7, 11) is 0. The Balaban J connectivity index is 1.92. The molecule has 1 aliphatic rings. The number of nitrogens with zero attached hydrogens (tertiary/aromatic N) is 1. The topological polar surface area (TPSA) is 57.6 Å². The number of thiophene rings is 1. The highest BCUT2D eigenvalue weighted by Gasteiger charge is 2.64. The van der Waals surface area contributed by atoms with E-state index in [1.54, 1.807) is 11.3 Å². The number of carboxylic acid groups (broad SMARTS) is 1. The number of carbonyl (C=O) groups excluding carboxylic acids is 1. The number of hydrogen-bond donors (Lipinski definition) is 1. The predicted molar refractivity (Wildman–Crippen MR) is 84.1 cm³/mol. The number of carbonyl (C=O) groups is 2. The molecule has 24 heavy (non-hydrogen) atoms. The first-order chi connectivity index (χ1) is 11.1. The normalized spacial score (nSPS) is 21.3. The number of carboxylic acids is 1. The summed E-state index contributed by atoms with van der Waals surface area (Å²) in [6.07, 6.45) is -4.08. The van der Waals surface area contributed by atoms with Gasteiger partial charge in [0.1, 0.15) is 0 Å². The summed E-state index contributed by atoms with van der Waals surface area (Å²) in [5, 5.41) is 9.00. The highest BCUT2D eigenvalue weighted by atomic mass is 32.1. The minimum atomic E-state index is -4.86. The summed E-state index contributed by atoms with van der Waals surface area (Å²) >= 11 is 1.67. The van der Waals surface area contributed by atoms with Crippen LogP contribution in [0.3, 0.4) is 0 Å². The van der Waals surface area contributed by atoms with Crippen molar-refractivity contribution in [2.24, 2.45) is 5.41 Å². The van der Waals surface area contributed by atoms with Crippen LogP contribution in [0, 0.1) is 19.3 Å². The molecule has 0 radical (unpaired) electrons. The van der Waals surface area contributed by atoms with Crippen molar-refractivity contribution in [2.75, 3.05) is 13.1 Å². The van der Waals surface area contributed by atoms with Crippen LogP contribution in [0.15, 0.2) is 6.07 Å². The molecule has 1 amide bonds. The lowest BCUT2D eigenvalue weighted by Gasteiger charge is -2.27. The van der Waals surface area contributed by atoms with Gasteiger partial charge in [-0.1, -0.05) is 0 Å². The van der Waals surface area contributed by atoms with Crippen molar-refractivity contribution in [1.29, 1.82) is 0 Å². The lowest BCUT2D eigenvalue weighted by molar-refractivity contribution is -0.227. The Bertz CT molecular complexity index is 641. The molecule has 8 heteroatoms. The molecule has 1 atom stereocenters. The Labute approximate surface area is 142 Å². The van der Waals surface area contributed by atoms with Crippen LogP contribution in [0.5, 0.6) is 0 Å². The molecule has 1 aromatic rings. The van der Waals surface area contributed by atoms with Crippen molar-refractivity contribution >= 4 is 23.2 Å². The second-order valence-electron chi connectivity index (χ2n) is 6.24. The number of alkyl halides is 3. The summed E-state index contributed by atoms with van der Waals surface area (Å²) in [5.74, 6) is -2.32. The van der Waals surface area contributed by atoms with Gasteiger partial charge in [-0.3, -0.25) is 9.59 Å². The van der Waals surface area contributed by atoms with Crippen LogP contribution < -0.4 is 0 Å². The van der Waals surface area contributed by atoms with Crippen molar-refractivity contribution in [3.05, 3.63) is 21.4 Å². The Hall–Kier alpha value is -1.57. The zero-order chi connectivity index (χ0) is 18.1. The highest BCUT2D eigenvalue weighted by molar-refractivity contribution is 7.12. The van der Waals surface area contributed by atoms with Gasteiger partial charge in [0.2, 0.25) is 5.91 Å². The second-order valence-corrected chi connectivity index (χ2v) is 7.70. The van der Waals surface area contributed by atoms with E-state index in [2.05, 4.69) is 6.07 Å². The van der Waals surface area contributed by atoms with Crippen LogP contribution >= 0.6 is 11.3 Å². The van der Waals surface area contributed by atoms with E-state index in [1.165, 1.54) is 9.75 Å². The molecule has 134 valence electrons. The van der Waals surface area contributed by atoms with Crippen molar-refractivity contribution < 1.29 is 27.9 Å². The molecule has 2 heterocycles. The van der Waals surface area contributed by atoms with Gasteiger partial charge in [0, 0.05) is 29.3 Å². The van der Waals surface area contributed by atoms with Crippen molar-refractivity contribution in [3.63, 3.8) is 0 Å². The van der Waals surface area contributed by atoms with E-state index in [0.29, 0.717) is 12.8 Å². The molecule has 2 rings (SSSR count). The molecule has 0 spiro atoms. The Kier molecular flexibility index (Phi) is 5.27. The fraction of sp³-hybridized carbons (Fsp3) is 0.625. The van der Waals surface area contributed by atoms with E-state index in [4.69, 9.17) is 5.11 Å². The van der Waals surface area contributed by atoms with Crippen LogP contribution in [0.2, 0.25) is 0 Å². The number of halogens is 3. The molecule has 1 saturated heterocycles. The van der Waals surface area contributed by atoms with Gasteiger partial charge in [-0.15, -0.1) is 11.3 Å². The van der Waals surface area contributed by atoms with Gasteiger partial charge in [0.25, 0.3) is 0 Å². The Morgan fingerprint density at radius 3 is 2.50 bits per heavy atom. The lowest BCUT2D eigenvalue weighted by Crippen LogP contribution is -2.47. The molecule has 0 saturated carbocycles. The molecular weight excluding hydrogens is 343 g/mol. The summed E-state index contributed by atoms with van der Waals surface area (Å²) < 4.78 is 39.3. The third-order valence-electron chi connectivity index (χ3n) is 4.55. The number of rotatable bonds is 5. The lowest BCUT2D eigenvalue weighted by atomic mass is 9.86. The number of aliphatic carboxylic acids is 1. The van der Waals surface area contributed by atoms with Gasteiger partial charge in [-0.2, -0.15) is 13.2 Å². The molecule has 1 aromatic heterocycles. The highest BCUT2D eigenvalue weighted by Crippen LogP contribution is 2.45. The van der Waals surface area contributed by atoms with Gasteiger partial charge in [0.05, 0.1) is 0 Å². The minimum absolute atomic E-state index is 0.127. The first-order valence-corrected chi connectivity index (χ1v) is 8.52. The van der Waals surface area contributed by atoms with Gasteiger partial charge < -0.3 is 10.0 Å². The predicted octanol–water partition coefficient (Wildman–Crippen LogP) is 3.55. The molecule has 4 nitrogen and oxygen atoms in total. The molecular formula is C16H20F3NO3S. The van der Waals surface area contributed by atoms with E-state index < -0.39 is 36.4 Å². The first-order valence-electron chi connectivity index (χ1n) is 7.70. The zero-order valence-corrected chi connectivity index (χ0v) is 14.4. The molecule has 0 aromatic carbocycles. The maximum atomic E-state index is 13.1. The van der Waals surface area contributed by atoms with E-state index in [1.807, 2.05) is 13.8 Å². The van der Waals surface area contributed by atoms with Crippen LogP contribution in [0.4, 0.5) is 13.2 Å². The van der Waals surface area contributed by atoms with Crippen LogP contribution in [0.25, 0.3) is 0 Å². The van der Waals surface area contributed by atoms with Crippen LogP contribution in [0.1, 0.15) is 34.6 Å². The van der Waals surface area contributed by atoms with Gasteiger partial charge >= 0.3 is 12.1 Å². The third kappa shape index (κ3) is 3.58. The number of likely N-dealkylation sites (tertiary alicyclic amines) is 1. The number of hydrogen-bond acceptors (Lipinski definition) is 3. The van der Waals surface area contributed by atoms with E-state index in [9.17, 15) is 22.8 Å². The SMILES string of the molecule is Cc1cc(CCCC(=O)N2CCC(C(=O)O)(C(F)(F)F)C2)c(C)s1. The molecule has 1 fully saturated rings. The van der Waals surface area contributed by atoms with Crippen molar-refractivity contribution in [2.45, 2.75) is 45.7 Å². The van der Waals surface area contributed by atoms with Crippen molar-refractivity contribution in [3.8, 4) is 0 Å². The summed E-state index contributed by atoms with van der Waals surface area (Å²) in [6.45, 7) is 3.04. The van der Waals surface area contributed by atoms with Crippen molar-refractivity contribution in [1.82, 2.24) is 4.90 Å². The van der Waals surface area contributed by atoms with Crippen LogP contribution in [-0.4, -0.2) is 41.1 Å². The quantitative estimate of drug-likeness (QED) is 0.870. The maximum Gasteiger partial charge on any atom is 0.406 e. The Morgan fingerprint density at radius 1 is 1.38 bits per heavy atom.